The molecule has 1 amide bonds. The molecule has 1 atom stereocenters. The van der Waals surface area contributed by atoms with Crippen LogP contribution in [0, 0.1) is 5.92 Å². The predicted octanol–water partition coefficient (Wildman–Crippen LogP) is 4.05. The van der Waals surface area contributed by atoms with E-state index in [9.17, 15) is 4.79 Å². The van der Waals surface area contributed by atoms with Crippen molar-refractivity contribution < 1.29 is 9.53 Å². The van der Waals surface area contributed by atoms with Gasteiger partial charge in [-0.05, 0) is 63.5 Å². The smallest absolute Gasteiger partial charge is 0.228 e. The number of carbonyl (C=O) groups excluding carboxylic acids is 1. The Kier molecular flexibility index (Phi) is 10.8. The molecule has 1 saturated heterocycles. The number of halogens is 2. The van der Waals surface area contributed by atoms with Crippen molar-refractivity contribution in [3.63, 3.8) is 0 Å². The molecular formula is C20H29Cl2N3O2S. The molecule has 28 heavy (non-hydrogen) atoms. The van der Waals surface area contributed by atoms with E-state index in [0.717, 1.165) is 48.1 Å². The molecule has 0 spiro atoms. The highest BCUT2D eigenvalue weighted by Crippen LogP contribution is 2.26. The van der Waals surface area contributed by atoms with E-state index in [2.05, 4.69) is 10.3 Å². The summed E-state index contributed by atoms with van der Waals surface area (Å²) in [5, 5.41) is 6.17. The van der Waals surface area contributed by atoms with E-state index in [0.29, 0.717) is 18.9 Å². The summed E-state index contributed by atoms with van der Waals surface area (Å²) in [6.07, 6.45) is 2.68. The maximum Gasteiger partial charge on any atom is 0.228 e. The van der Waals surface area contributed by atoms with Crippen LogP contribution in [-0.2, 0) is 11.2 Å². The molecule has 1 aliphatic heterocycles. The fourth-order valence-electron chi connectivity index (χ4n) is 3.39. The summed E-state index contributed by atoms with van der Waals surface area (Å²) in [4.78, 5) is 19.3. The molecule has 8 heteroatoms. The average Bonchev–Trinajstić information content (AvgIpc) is 3.11. The Morgan fingerprint density at radius 3 is 2.75 bits per heavy atom. The Labute approximate surface area is 183 Å². The van der Waals surface area contributed by atoms with E-state index in [1.807, 2.05) is 48.5 Å². The van der Waals surface area contributed by atoms with Gasteiger partial charge in [-0.3, -0.25) is 4.79 Å². The minimum atomic E-state index is 0. The third-order valence-corrected chi connectivity index (χ3v) is 5.60. The molecule has 1 fully saturated rings. The molecule has 3 rings (SSSR count). The lowest BCUT2D eigenvalue weighted by Gasteiger charge is -2.32. The first kappa shape index (κ1) is 24.7. The second kappa shape index (κ2) is 12.3. The predicted molar refractivity (Wildman–Crippen MR) is 120 cm³/mol. The number of nitrogens with one attached hydrogen (secondary N) is 1. The largest absolute Gasteiger partial charge is 0.494 e. The van der Waals surface area contributed by atoms with Crippen LogP contribution in [0.4, 0.5) is 0 Å². The molecule has 0 bridgehead atoms. The molecule has 1 unspecified atom stereocenters. The molecule has 1 aromatic heterocycles. The van der Waals surface area contributed by atoms with Gasteiger partial charge in [0.1, 0.15) is 10.8 Å². The number of hydrogen-bond donors (Lipinski definition) is 1. The summed E-state index contributed by atoms with van der Waals surface area (Å²) < 4.78 is 5.48. The van der Waals surface area contributed by atoms with Gasteiger partial charge in [0.25, 0.3) is 0 Å². The van der Waals surface area contributed by atoms with Crippen molar-refractivity contribution in [2.24, 2.45) is 5.92 Å². The fourth-order valence-corrected chi connectivity index (χ4v) is 4.22. The zero-order valence-electron chi connectivity index (χ0n) is 16.3. The van der Waals surface area contributed by atoms with E-state index >= 15 is 0 Å². The van der Waals surface area contributed by atoms with Crippen molar-refractivity contribution in [1.29, 1.82) is 0 Å². The van der Waals surface area contributed by atoms with Crippen molar-refractivity contribution in [3.05, 3.63) is 35.3 Å². The third kappa shape index (κ3) is 6.62. The summed E-state index contributed by atoms with van der Waals surface area (Å²) in [7, 11) is 1.97. The Morgan fingerprint density at radius 1 is 1.32 bits per heavy atom. The number of ether oxygens (including phenoxy) is 1. The maximum atomic E-state index is 12.6. The van der Waals surface area contributed by atoms with E-state index in [4.69, 9.17) is 4.74 Å². The number of thiazole rings is 1. The van der Waals surface area contributed by atoms with Gasteiger partial charge in [-0.15, -0.1) is 36.2 Å². The Bertz CT molecular complexity index is 722. The van der Waals surface area contributed by atoms with Gasteiger partial charge in [0.2, 0.25) is 5.91 Å². The van der Waals surface area contributed by atoms with Crippen LogP contribution in [0.25, 0.3) is 10.6 Å². The van der Waals surface area contributed by atoms with Crippen LogP contribution in [0.5, 0.6) is 5.75 Å². The summed E-state index contributed by atoms with van der Waals surface area (Å²) in [6.45, 7) is 5.34. The Morgan fingerprint density at radius 2 is 2.07 bits per heavy atom. The fraction of sp³-hybridized carbons (Fsp3) is 0.500. The summed E-state index contributed by atoms with van der Waals surface area (Å²) >= 11 is 1.59. The standard InChI is InChI=1S/C20H27N3O2S.2ClH/c1-3-25-18-8-6-16(7-9-18)20-22-17(14-26-20)11-19(24)23-10-4-5-15(13-23)12-21-2;;/h6-9,14-15,21H,3-5,10-13H2,1-2H3;2*1H. The van der Waals surface area contributed by atoms with Crippen molar-refractivity contribution >= 4 is 42.1 Å². The number of piperidine rings is 1. The van der Waals surface area contributed by atoms with Gasteiger partial charge in [0.15, 0.2) is 0 Å². The summed E-state index contributed by atoms with van der Waals surface area (Å²) in [6, 6.07) is 7.95. The molecule has 2 heterocycles. The number of nitrogens with zero attached hydrogens (tertiary/aromatic N) is 2. The molecule has 0 aliphatic carbocycles. The molecule has 1 N–H and O–H groups in total. The minimum Gasteiger partial charge on any atom is -0.494 e. The SMILES string of the molecule is CCOc1ccc(-c2nc(CC(=O)N3CCCC(CNC)C3)cs2)cc1.Cl.Cl. The first-order valence-electron chi connectivity index (χ1n) is 9.29. The van der Waals surface area contributed by atoms with E-state index in [1.165, 1.54) is 6.42 Å². The third-order valence-electron chi connectivity index (χ3n) is 4.66. The highest BCUT2D eigenvalue weighted by atomic mass is 35.5. The average molecular weight is 446 g/mol. The van der Waals surface area contributed by atoms with Crippen LogP contribution in [0.2, 0.25) is 0 Å². The minimum absolute atomic E-state index is 0. The highest BCUT2D eigenvalue weighted by Gasteiger charge is 2.23. The first-order chi connectivity index (χ1) is 12.7. The molecule has 5 nitrogen and oxygen atoms in total. The van der Waals surface area contributed by atoms with Gasteiger partial charge < -0.3 is 15.0 Å². The molecule has 1 aliphatic rings. The van der Waals surface area contributed by atoms with Gasteiger partial charge in [-0.1, -0.05) is 0 Å². The van der Waals surface area contributed by atoms with Gasteiger partial charge in [0.05, 0.1) is 18.7 Å². The number of hydrogen-bond acceptors (Lipinski definition) is 5. The van der Waals surface area contributed by atoms with Crippen molar-refractivity contribution in [2.45, 2.75) is 26.2 Å². The lowest BCUT2D eigenvalue weighted by Crippen LogP contribution is -2.43. The Hall–Kier alpha value is -1.34. The number of likely N-dealkylation sites (tertiary alicyclic amines) is 1. The van der Waals surface area contributed by atoms with Crippen molar-refractivity contribution in [3.8, 4) is 16.3 Å². The molecule has 156 valence electrons. The zero-order chi connectivity index (χ0) is 18.4. The summed E-state index contributed by atoms with van der Waals surface area (Å²) in [5.41, 5.74) is 1.92. The lowest BCUT2D eigenvalue weighted by molar-refractivity contribution is -0.132. The van der Waals surface area contributed by atoms with Crippen molar-refractivity contribution in [1.82, 2.24) is 15.2 Å². The van der Waals surface area contributed by atoms with Crippen LogP contribution >= 0.6 is 36.2 Å². The quantitative estimate of drug-likeness (QED) is 0.697. The normalized spacial score (nSPS) is 16.1. The van der Waals surface area contributed by atoms with Gasteiger partial charge in [-0.25, -0.2) is 4.98 Å². The maximum absolute atomic E-state index is 12.6. The molecular weight excluding hydrogens is 417 g/mol. The van der Waals surface area contributed by atoms with Gasteiger partial charge >= 0.3 is 0 Å². The van der Waals surface area contributed by atoms with Crippen LogP contribution in [0.3, 0.4) is 0 Å². The molecule has 1 aromatic carbocycles. The number of rotatable bonds is 7. The van der Waals surface area contributed by atoms with Crippen LogP contribution < -0.4 is 10.1 Å². The number of carbonyl (C=O) groups is 1. The van der Waals surface area contributed by atoms with Crippen LogP contribution in [0.15, 0.2) is 29.6 Å². The number of amides is 1. The second-order valence-electron chi connectivity index (χ2n) is 6.68. The number of aromatic nitrogens is 1. The van der Waals surface area contributed by atoms with Crippen molar-refractivity contribution in [2.75, 3.05) is 33.3 Å². The van der Waals surface area contributed by atoms with E-state index < -0.39 is 0 Å². The monoisotopic (exact) mass is 445 g/mol. The first-order valence-corrected chi connectivity index (χ1v) is 10.2. The van der Waals surface area contributed by atoms with E-state index in [1.54, 1.807) is 11.3 Å². The molecule has 2 aromatic rings. The topological polar surface area (TPSA) is 54.5 Å². The lowest BCUT2D eigenvalue weighted by atomic mass is 9.97. The number of benzene rings is 1. The van der Waals surface area contributed by atoms with Gasteiger partial charge in [-0.2, -0.15) is 0 Å². The van der Waals surface area contributed by atoms with Crippen LogP contribution in [0.1, 0.15) is 25.5 Å². The molecule has 0 radical (unpaired) electrons. The zero-order valence-corrected chi connectivity index (χ0v) is 18.8. The molecule has 0 saturated carbocycles. The van der Waals surface area contributed by atoms with Gasteiger partial charge in [0, 0.05) is 24.0 Å². The summed E-state index contributed by atoms with van der Waals surface area (Å²) in [5.74, 6) is 1.62. The highest BCUT2D eigenvalue weighted by molar-refractivity contribution is 7.13. The Balaban J connectivity index is 0.00000196. The second-order valence-corrected chi connectivity index (χ2v) is 7.54. The van der Waals surface area contributed by atoms with E-state index in [-0.39, 0.29) is 30.7 Å². The van der Waals surface area contributed by atoms with Crippen LogP contribution in [-0.4, -0.2) is 49.1 Å².